The quantitative estimate of drug-likeness (QED) is 0.774. The molecule has 0 aliphatic carbocycles. The molecule has 0 radical (unpaired) electrons. The second kappa shape index (κ2) is 6.03. The van der Waals surface area contributed by atoms with Crippen molar-refractivity contribution in [1.82, 2.24) is 9.13 Å². The van der Waals surface area contributed by atoms with E-state index >= 15 is 0 Å². The first-order valence-corrected chi connectivity index (χ1v) is 5.58. The Balaban J connectivity index is 2.90. The molecule has 6 nitrogen and oxygen atoms in total. The molecule has 0 saturated carbocycles. The number of aliphatic carboxylic acids is 1. The van der Waals surface area contributed by atoms with Crippen molar-refractivity contribution in [1.29, 1.82) is 0 Å². The highest BCUT2D eigenvalue weighted by molar-refractivity contribution is 5.66. The predicted molar refractivity (Wildman–Crippen MR) is 62.1 cm³/mol. The van der Waals surface area contributed by atoms with Gasteiger partial charge in [0, 0.05) is 31.8 Å². The van der Waals surface area contributed by atoms with Gasteiger partial charge in [-0.2, -0.15) is 0 Å². The Morgan fingerprint density at radius 2 is 2.06 bits per heavy atom. The summed E-state index contributed by atoms with van der Waals surface area (Å²) in [4.78, 5) is 33.7. The Labute approximate surface area is 98.1 Å². The molecule has 1 aromatic rings. The molecule has 0 bridgehead atoms. The Morgan fingerprint density at radius 3 is 2.65 bits per heavy atom. The van der Waals surface area contributed by atoms with Crippen LogP contribution in [0.4, 0.5) is 0 Å². The molecule has 17 heavy (non-hydrogen) atoms. The van der Waals surface area contributed by atoms with E-state index in [0.29, 0.717) is 6.54 Å². The topological polar surface area (TPSA) is 81.3 Å². The smallest absolute Gasteiger partial charge is 0.330 e. The zero-order valence-electron chi connectivity index (χ0n) is 9.76. The van der Waals surface area contributed by atoms with Crippen molar-refractivity contribution in [3.05, 3.63) is 33.1 Å². The minimum absolute atomic E-state index is 0.0471. The van der Waals surface area contributed by atoms with Crippen LogP contribution in [0.3, 0.4) is 0 Å². The molecule has 0 amide bonds. The summed E-state index contributed by atoms with van der Waals surface area (Å²) in [5.74, 6) is -0.928. The van der Waals surface area contributed by atoms with Gasteiger partial charge in [-0.05, 0) is 12.8 Å². The Kier molecular flexibility index (Phi) is 4.68. The van der Waals surface area contributed by atoms with Gasteiger partial charge < -0.3 is 9.67 Å². The van der Waals surface area contributed by atoms with Gasteiger partial charge in [-0.25, -0.2) is 4.79 Å². The van der Waals surface area contributed by atoms with Crippen LogP contribution in [0.5, 0.6) is 0 Å². The van der Waals surface area contributed by atoms with Gasteiger partial charge in [0.2, 0.25) is 0 Å². The highest BCUT2D eigenvalue weighted by atomic mass is 16.4. The molecular formula is C11H16N2O4. The third-order valence-electron chi connectivity index (χ3n) is 2.38. The van der Waals surface area contributed by atoms with Gasteiger partial charge in [0.25, 0.3) is 5.56 Å². The maximum absolute atomic E-state index is 11.8. The van der Waals surface area contributed by atoms with Gasteiger partial charge in [0.05, 0.1) is 0 Å². The van der Waals surface area contributed by atoms with Crippen LogP contribution in [0.2, 0.25) is 0 Å². The van der Waals surface area contributed by atoms with Crippen molar-refractivity contribution in [3.8, 4) is 0 Å². The SMILES string of the molecule is CCCn1ccc(=O)n(CCCC(=O)O)c1=O. The van der Waals surface area contributed by atoms with Crippen molar-refractivity contribution < 1.29 is 9.90 Å². The minimum Gasteiger partial charge on any atom is -0.481 e. The number of hydrogen-bond donors (Lipinski definition) is 1. The van der Waals surface area contributed by atoms with Crippen LogP contribution in [0.25, 0.3) is 0 Å². The van der Waals surface area contributed by atoms with Gasteiger partial charge in [-0.1, -0.05) is 6.92 Å². The van der Waals surface area contributed by atoms with Crippen molar-refractivity contribution in [2.75, 3.05) is 0 Å². The van der Waals surface area contributed by atoms with E-state index in [4.69, 9.17) is 5.11 Å². The molecule has 1 aromatic heterocycles. The average molecular weight is 240 g/mol. The third-order valence-corrected chi connectivity index (χ3v) is 2.38. The fourth-order valence-electron chi connectivity index (χ4n) is 1.56. The highest BCUT2D eigenvalue weighted by Crippen LogP contribution is 1.91. The van der Waals surface area contributed by atoms with E-state index in [-0.39, 0.29) is 30.6 Å². The lowest BCUT2D eigenvalue weighted by molar-refractivity contribution is -0.137. The molecule has 94 valence electrons. The van der Waals surface area contributed by atoms with E-state index in [1.807, 2.05) is 6.92 Å². The molecule has 0 saturated heterocycles. The largest absolute Gasteiger partial charge is 0.481 e. The summed E-state index contributed by atoms with van der Waals surface area (Å²) in [6.45, 7) is 2.64. The number of carbonyl (C=O) groups is 1. The van der Waals surface area contributed by atoms with Crippen LogP contribution in [-0.2, 0) is 17.9 Å². The van der Waals surface area contributed by atoms with Gasteiger partial charge in [0.15, 0.2) is 0 Å². The van der Waals surface area contributed by atoms with E-state index in [1.165, 1.54) is 16.8 Å². The number of hydrogen-bond acceptors (Lipinski definition) is 3. The summed E-state index contributed by atoms with van der Waals surface area (Å²) >= 11 is 0. The van der Waals surface area contributed by atoms with Crippen LogP contribution in [0, 0.1) is 0 Å². The number of nitrogens with zero attached hydrogens (tertiary/aromatic N) is 2. The lowest BCUT2D eigenvalue weighted by Crippen LogP contribution is -2.39. The van der Waals surface area contributed by atoms with E-state index in [2.05, 4.69) is 0 Å². The summed E-state index contributed by atoms with van der Waals surface area (Å²) in [6.07, 6.45) is 2.50. The minimum atomic E-state index is -0.928. The standard InChI is InChI=1S/C11H16N2O4/c1-2-6-12-8-5-9(14)13(11(12)17)7-3-4-10(15)16/h5,8H,2-4,6-7H2,1H3,(H,15,16). The lowest BCUT2D eigenvalue weighted by Gasteiger charge is -2.08. The second-order valence-electron chi connectivity index (χ2n) is 3.78. The number of carboxylic acids is 1. The summed E-state index contributed by atoms with van der Waals surface area (Å²) in [5.41, 5.74) is -0.752. The summed E-state index contributed by atoms with van der Waals surface area (Å²) < 4.78 is 2.54. The van der Waals surface area contributed by atoms with Crippen molar-refractivity contribution in [2.45, 2.75) is 39.3 Å². The molecule has 1 heterocycles. The first kappa shape index (κ1) is 13.2. The number of carboxylic acid groups (broad SMARTS) is 1. The second-order valence-corrected chi connectivity index (χ2v) is 3.78. The summed E-state index contributed by atoms with van der Waals surface area (Å²) in [5, 5.41) is 8.50. The molecule has 0 aromatic carbocycles. The lowest BCUT2D eigenvalue weighted by atomic mass is 10.3. The normalized spacial score (nSPS) is 10.4. The number of aromatic nitrogens is 2. The molecule has 6 heteroatoms. The molecule has 0 atom stereocenters. The van der Waals surface area contributed by atoms with E-state index < -0.39 is 5.97 Å². The summed E-state index contributed by atoms with van der Waals surface area (Å²) in [6, 6.07) is 1.33. The van der Waals surface area contributed by atoms with Gasteiger partial charge in [-0.15, -0.1) is 0 Å². The Morgan fingerprint density at radius 1 is 1.35 bits per heavy atom. The number of rotatable bonds is 6. The molecule has 1 N–H and O–H groups in total. The first-order chi connectivity index (χ1) is 8.06. The van der Waals surface area contributed by atoms with Crippen LogP contribution in [-0.4, -0.2) is 20.2 Å². The molecule has 0 spiro atoms. The molecule has 0 fully saturated rings. The van der Waals surface area contributed by atoms with E-state index in [1.54, 1.807) is 0 Å². The molecule has 0 aliphatic heterocycles. The van der Waals surface area contributed by atoms with Crippen LogP contribution >= 0.6 is 0 Å². The van der Waals surface area contributed by atoms with Crippen LogP contribution < -0.4 is 11.2 Å². The molecule has 0 aliphatic rings. The monoisotopic (exact) mass is 240 g/mol. The highest BCUT2D eigenvalue weighted by Gasteiger charge is 2.05. The third kappa shape index (κ3) is 3.58. The average Bonchev–Trinajstić information content (AvgIpc) is 2.27. The van der Waals surface area contributed by atoms with Crippen LogP contribution in [0.1, 0.15) is 26.2 Å². The zero-order chi connectivity index (χ0) is 12.8. The number of aryl methyl sites for hydroxylation is 1. The Bertz CT molecular complexity index is 501. The fourth-order valence-corrected chi connectivity index (χ4v) is 1.56. The fraction of sp³-hybridized carbons (Fsp3) is 0.545. The van der Waals surface area contributed by atoms with Gasteiger partial charge in [-0.3, -0.25) is 14.2 Å². The van der Waals surface area contributed by atoms with Gasteiger partial charge in [0.1, 0.15) is 0 Å². The van der Waals surface area contributed by atoms with E-state index in [0.717, 1.165) is 11.0 Å². The summed E-state index contributed by atoms with van der Waals surface area (Å²) in [7, 11) is 0. The van der Waals surface area contributed by atoms with Crippen molar-refractivity contribution >= 4 is 5.97 Å². The molecular weight excluding hydrogens is 224 g/mol. The zero-order valence-corrected chi connectivity index (χ0v) is 9.76. The maximum atomic E-state index is 11.8. The van der Waals surface area contributed by atoms with Crippen LogP contribution in [0.15, 0.2) is 21.9 Å². The van der Waals surface area contributed by atoms with Gasteiger partial charge >= 0.3 is 11.7 Å². The van der Waals surface area contributed by atoms with Crippen molar-refractivity contribution in [3.63, 3.8) is 0 Å². The molecule has 1 rings (SSSR count). The van der Waals surface area contributed by atoms with E-state index in [9.17, 15) is 14.4 Å². The molecule has 0 unspecified atom stereocenters. The first-order valence-electron chi connectivity index (χ1n) is 5.58. The maximum Gasteiger partial charge on any atom is 0.330 e. The predicted octanol–water partition coefficient (Wildman–Crippen LogP) is 0.285. The van der Waals surface area contributed by atoms with Crippen molar-refractivity contribution in [2.24, 2.45) is 0 Å². The Hall–Kier alpha value is -1.85.